The number of amides is 1. The van der Waals surface area contributed by atoms with E-state index in [1.807, 2.05) is 26.0 Å². The van der Waals surface area contributed by atoms with Gasteiger partial charge in [-0.05, 0) is 32.9 Å². The zero-order chi connectivity index (χ0) is 13.7. The van der Waals surface area contributed by atoms with Gasteiger partial charge in [0.25, 0.3) is 5.91 Å². The van der Waals surface area contributed by atoms with Gasteiger partial charge in [0.1, 0.15) is 5.75 Å². The summed E-state index contributed by atoms with van der Waals surface area (Å²) in [4.78, 5) is 13.2. The number of ether oxygens (including phenoxy) is 1. The molecular formula is C14H21NO3. The van der Waals surface area contributed by atoms with E-state index < -0.39 is 6.10 Å². The molecule has 1 atom stereocenters. The average molecular weight is 251 g/mol. The lowest BCUT2D eigenvalue weighted by Crippen LogP contribution is -2.31. The van der Waals surface area contributed by atoms with Crippen molar-refractivity contribution in [1.29, 1.82) is 0 Å². The summed E-state index contributed by atoms with van der Waals surface area (Å²) in [5.74, 6) is 0.489. The van der Waals surface area contributed by atoms with Gasteiger partial charge in [0, 0.05) is 19.2 Å². The molecule has 0 aliphatic rings. The van der Waals surface area contributed by atoms with Gasteiger partial charge in [0.2, 0.25) is 0 Å². The van der Waals surface area contributed by atoms with Crippen LogP contribution in [0.4, 0.5) is 0 Å². The number of benzene rings is 1. The summed E-state index contributed by atoms with van der Waals surface area (Å²) >= 11 is 0. The molecule has 4 nitrogen and oxygen atoms in total. The minimum absolute atomic E-state index is 0.00682. The Kier molecular flexibility index (Phi) is 5.16. The highest BCUT2D eigenvalue weighted by Gasteiger charge is 2.12. The highest BCUT2D eigenvalue weighted by atomic mass is 16.5. The molecule has 0 saturated heterocycles. The van der Waals surface area contributed by atoms with Crippen LogP contribution in [0.1, 0.15) is 31.1 Å². The maximum Gasteiger partial charge on any atom is 0.260 e. The van der Waals surface area contributed by atoms with Gasteiger partial charge in [-0.3, -0.25) is 4.79 Å². The van der Waals surface area contributed by atoms with Crippen LogP contribution in [0, 0.1) is 6.92 Å². The van der Waals surface area contributed by atoms with E-state index in [-0.39, 0.29) is 12.5 Å². The summed E-state index contributed by atoms with van der Waals surface area (Å²) < 4.78 is 5.49. The first-order chi connectivity index (χ1) is 8.45. The lowest BCUT2D eigenvalue weighted by atomic mass is 10.1. The van der Waals surface area contributed by atoms with Crippen LogP contribution >= 0.6 is 0 Å². The molecule has 100 valence electrons. The molecule has 0 aliphatic heterocycles. The monoisotopic (exact) mass is 251 g/mol. The van der Waals surface area contributed by atoms with Crippen molar-refractivity contribution in [3.05, 3.63) is 29.3 Å². The van der Waals surface area contributed by atoms with E-state index in [9.17, 15) is 9.90 Å². The molecule has 1 amide bonds. The summed E-state index contributed by atoms with van der Waals surface area (Å²) in [5, 5.41) is 9.67. The number of aliphatic hydroxyl groups is 1. The third-order valence-electron chi connectivity index (χ3n) is 2.87. The minimum atomic E-state index is -0.612. The zero-order valence-corrected chi connectivity index (χ0v) is 11.4. The molecule has 1 N–H and O–H groups in total. The number of nitrogens with zero attached hydrogens (tertiary/aromatic N) is 1. The van der Waals surface area contributed by atoms with Crippen LogP contribution < -0.4 is 4.74 Å². The van der Waals surface area contributed by atoms with Crippen molar-refractivity contribution >= 4 is 5.91 Å². The predicted molar refractivity (Wildman–Crippen MR) is 70.6 cm³/mol. The van der Waals surface area contributed by atoms with Crippen LogP contribution in [0.5, 0.6) is 5.75 Å². The second-order valence-electron chi connectivity index (χ2n) is 4.41. The van der Waals surface area contributed by atoms with E-state index in [0.717, 1.165) is 5.56 Å². The van der Waals surface area contributed by atoms with E-state index in [4.69, 9.17) is 4.74 Å². The van der Waals surface area contributed by atoms with Crippen LogP contribution in [0.2, 0.25) is 0 Å². The lowest BCUT2D eigenvalue weighted by molar-refractivity contribution is -0.131. The summed E-state index contributed by atoms with van der Waals surface area (Å²) in [6.07, 6.45) is -0.612. The van der Waals surface area contributed by atoms with Crippen molar-refractivity contribution < 1.29 is 14.6 Å². The van der Waals surface area contributed by atoms with E-state index in [1.165, 1.54) is 0 Å². The Balaban J connectivity index is 2.76. The number of carbonyl (C=O) groups is 1. The van der Waals surface area contributed by atoms with Gasteiger partial charge in [-0.2, -0.15) is 0 Å². The molecule has 0 aliphatic carbocycles. The molecule has 1 rings (SSSR count). The Bertz CT molecular complexity index is 416. The van der Waals surface area contributed by atoms with Crippen molar-refractivity contribution in [3.8, 4) is 5.75 Å². The Hall–Kier alpha value is -1.55. The molecule has 0 spiro atoms. The fraction of sp³-hybridized carbons (Fsp3) is 0.500. The van der Waals surface area contributed by atoms with Gasteiger partial charge >= 0.3 is 0 Å². The van der Waals surface area contributed by atoms with Gasteiger partial charge < -0.3 is 14.7 Å². The van der Waals surface area contributed by atoms with Gasteiger partial charge in [-0.15, -0.1) is 0 Å². The molecule has 0 bridgehead atoms. The van der Waals surface area contributed by atoms with Gasteiger partial charge in [-0.25, -0.2) is 0 Å². The fourth-order valence-electron chi connectivity index (χ4n) is 1.55. The third kappa shape index (κ3) is 3.74. The molecule has 0 aromatic heterocycles. The van der Waals surface area contributed by atoms with Crippen LogP contribution in [-0.4, -0.2) is 36.1 Å². The van der Waals surface area contributed by atoms with Crippen molar-refractivity contribution in [2.45, 2.75) is 26.9 Å². The molecule has 0 saturated carbocycles. The Labute approximate surface area is 108 Å². The quantitative estimate of drug-likeness (QED) is 0.869. The Morgan fingerprint density at radius 3 is 2.72 bits per heavy atom. The summed E-state index contributed by atoms with van der Waals surface area (Å²) in [6.45, 7) is 6.19. The highest BCUT2D eigenvalue weighted by Crippen LogP contribution is 2.26. The molecule has 1 aromatic carbocycles. The maximum absolute atomic E-state index is 11.6. The first kappa shape index (κ1) is 14.5. The molecule has 0 unspecified atom stereocenters. The molecule has 0 fully saturated rings. The topological polar surface area (TPSA) is 49.8 Å². The largest absolute Gasteiger partial charge is 0.483 e. The second-order valence-corrected chi connectivity index (χ2v) is 4.41. The van der Waals surface area contributed by atoms with E-state index >= 15 is 0 Å². The number of aryl methyl sites for hydroxylation is 1. The molecular weight excluding hydrogens is 230 g/mol. The first-order valence-corrected chi connectivity index (χ1v) is 6.11. The smallest absolute Gasteiger partial charge is 0.260 e. The minimum Gasteiger partial charge on any atom is -0.483 e. The number of aliphatic hydroxyl groups excluding tert-OH is 1. The van der Waals surface area contributed by atoms with Crippen LogP contribution in [-0.2, 0) is 4.79 Å². The zero-order valence-electron chi connectivity index (χ0n) is 11.4. The number of carbonyl (C=O) groups excluding carboxylic acids is 1. The van der Waals surface area contributed by atoms with E-state index in [1.54, 1.807) is 24.9 Å². The van der Waals surface area contributed by atoms with Crippen molar-refractivity contribution in [2.24, 2.45) is 0 Å². The predicted octanol–water partition coefficient (Wildman–Crippen LogP) is 1.91. The third-order valence-corrected chi connectivity index (χ3v) is 2.87. The first-order valence-electron chi connectivity index (χ1n) is 6.11. The van der Waals surface area contributed by atoms with Crippen LogP contribution in [0.15, 0.2) is 18.2 Å². The van der Waals surface area contributed by atoms with Gasteiger partial charge in [-0.1, -0.05) is 11.6 Å². The molecule has 0 radical (unpaired) electrons. The summed E-state index contributed by atoms with van der Waals surface area (Å²) in [5.41, 5.74) is 1.76. The van der Waals surface area contributed by atoms with Crippen molar-refractivity contribution in [2.75, 3.05) is 20.2 Å². The average Bonchev–Trinajstić information content (AvgIpc) is 2.35. The maximum atomic E-state index is 11.6. The fourth-order valence-corrected chi connectivity index (χ4v) is 1.55. The molecule has 4 heteroatoms. The number of hydrogen-bond donors (Lipinski definition) is 1. The Morgan fingerprint density at radius 1 is 1.50 bits per heavy atom. The van der Waals surface area contributed by atoms with Crippen molar-refractivity contribution in [3.63, 3.8) is 0 Å². The van der Waals surface area contributed by atoms with Crippen molar-refractivity contribution in [1.82, 2.24) is 4.90 Å². The molecule has 1 aromatic rings. The lowest BCUT2D eigenvalue weighted by Gasteiger charge is -2.17. The summed E-state index contributed by atoms with van der Waals surface area (Å²) in [6, 6.07) is 5.56. The molecule has 0 heterocycles. The van der Waals surface area contributed by atoms with Gasteiger partial charge in [0.05, 0.1) is 6.10 Å². The number of rotatable bonds is 5. The van der Waals surface area contributed by atoms with E-state index in [2.05, 4.69) is 0 Å². The standard InChI is InChI=1S/C14H21NO3/c1-5-15(4)14(17)9-18-13-7-6-10(2)8-12(13)11(3)16/h6-8,11,16H,5,9H2,1-4H3/t11-/m1/s1. The number of hydrogen-bond acceptors (Lipinski definition) is 3. The SMILES string of the molecule is CCN(C)C(=O)COc1ccc(C)cc1[C@@H](C)O. The van der Waals surface area contributed by atoms with Crippen LogP contribution in [0.25, 0.3) is 0 Å². The van der Waals surface area contributed by atoms with Crippen LogP contribution in [0.3, 0.4) is 0 Å². The van der Waals surface area contributed by atoms with Gasteiger partial charge in [0.15, 0.2) is 6.61 Å². The normalized spacial score (nSPS) is 12.1. The van der Waals surface area contributed by atoms with E-state index in [0.29, 0.717) is 17.9 Å². The molecule has 18 heavy (non-hydrogen) atoms. The number of likely N-dealkylation sites (N-methyl/N-ethyl adjacent to an activating group) is 1. The second kappa shape index (κ2) is 6.40. The highest BCUT2D eigenvalue weighted by molar-refractivity contribution is 5.77. The Morgan fingerprint density at radius 2 is 2.17 bits per heavy atom. The summed E-state index contributed by atoms with van der Waals surface area (Å²) in [7, 11) is 1.73.